The Morgan fingerprint density at radius 3 is 2.67 bits per heavy atom. The topological polar surface area (TPSA) is 52.3 Å². The summed E-state index contributed by atoms with van der Waals surface area (Å²) in [6.07, 6.45) is 1.90. The van der Waals surface area contributed by atoms with Gasteiger partial charge in [-0.1, -0.05) is 30.3 Å². The molecule has 1 rings (SSSR count). The van der Waals surface area contributed by atoms with Gasteiger partial charge in [0.25, 0.3) is 0 Å². The second-order valence-electron chi connectivity index (χ2n) is 3.13. The number of carbonyl (C=O) groups excluding carboxylic acids is 1. The van der Waals surface area contributed by atoms with E-state index < -0.39 is 0 Å². The van der Waals surface area contributed by atoms with Crippen LogP contribution >= 0.6 is 0 Å². The summed E-state index contributed by atoms with van der Waals surface area (Å²) in [6.45, 7) is 2.13. The maximum Gasteiger partial charge on any atom is 0.332 e. The van der Waals surface area contributed by atoms with Gasteiger partial charge in [0.15, 0.2) is 0 Å². The second kappa shape index (κ2) is 5.86. The van der Waals surface area contributed by atoms with Gasteiger partial charge in [-0.15, -0.1) is 0 Å². The van der Waals surface area contributed by atoms with Crippen LogP contribution in [-0.4, -0.2) is 12.6 Å². The van der Waals surface area contributed by atoms with Crippen LogP contribution in [0, 0.1) is 0 Å². The number of benzene rings is 1. The van der Waals surface area contributed by atoms with Crippen LogP contribution in [0.5, 0.6) is 0 Å². The van der Waals surface area contributed by atoms with Gasteiger partial charge in [-0.3, -0.25) is 0 Å². The number of rotatable bonds is 4. The molecule has 0 aliphatic carbocycles. The van der Waals surface area contributed by atoms with Gasteiger partial charge in [0.05, 0.1) is 6.61 Å². The maximum absolute atomic E-state index is 11.1. The lowest BCUT2D eigenvalue weighted by molar-refractivity contribution is -0.137. The lowest BCUT2D eigenvalue weighted by Crippen LogP contribution is -2.07. The Morgan fingerprint density at radius 1 is 1.40 bits per heavy atom. The van der Waals surface area contributed by atoms with Crippen molar-refractivity contribution in [3.8, 4) is 0 Å². The zero-order chi connectivity index (χ0) is 11.1. The third kappa shape index (κ3) is 4.31. The number of carbonyl (C=O) groups is 1. The molecule has 0 saturated heterocycles. The predicted octanol–water partition coefficient (Wildman–Crippen LogP) is 1.63. The summed E-state index contributed by atoms with van der Waals surface area (Å²) in [5.41, 5.74) is 7.29. The van der Waals surface area contributed by atoms with E-state index in [4.69, 9.17) is 10.5 Å². The van der Waals surface area contributed by atoms with Crippen molar-refractivity contribution >= 4 is 5.97 Å². The fraction of sp³-hybridized carbons (Fsp3) is 0.250. The minimum Gasteiger partial charge on any atom is -0.463 e. The van der Waals surface area contributed by atoms with E-state index in [2.05, 4.69) is 0 Å². The zero-order valence-electron chi connectivity index (χ0n) is 8.77. The molecule has 0 atom stereocenters. The third-order valence-electron chi connectivity index (χ3n) is 1.84. The largest absolute Gasteiger partial charge is 0.463 e. The molecule has 3 heteroatoms. The monoisotopic (exact) mass is 205 g/mol. The zero-order valence-corrected chi connectivity index (χ0v) is 8.77. The SMILES string of the molecule is CCOC(=O)C=C(N)Cc1ccccc1. The Hall–Kier alpha value is -1.77. The highest BCUT2D eigenvalue weighted by molar-refractivity contribution is 5.82. The lowest BCUT2D eigenvalue weighted by Gasteiger charge is -2.01. The molecule has 0 saturated carbocycles. The van der Waals surface area contributed by atoms with Crippen LogP contribution in [0.15, 0.2) is 42.1 Å². The van der Waals surface area contributed by atoms with Crippen LogP contribution in [0.25, 0.3) is 0 Å². The molecule has 0 aromatic heterocycles. The Morgan fingerprint density at radius 2 is 2.07 bits per heavy atom. The highest BCUT2D eigenvalue weighted by atomic mass is 16.5. The van der Waals surface area contributed by atoms with Gasteiger partial charge in [0.1, 0.15) is 0 Å². The minimum atomic E-state index is -0.383. The highest BCUT2D eigenvalue weighted by Gasteiger charge is 1.99. The fourth-order valence-electron chi connectivity index (χ4n) is 1.22. The Kier molecular flexibility index (Phi) is 4.41. The van der Waals surface area contributed by atoms with Crippen molar-refractivity contribution in [2.24, 2.45) is 5.73 Å². The molecule has 15 heavy (non-hydrogen) atoms. The number of hydrogen-bond donors (Lipinski definition) is 1. The van der Waals surface area contributed by atoms with Crippen molar-refractivity contribution in [2.75, 3.05) is 6.61 Å². The van der Waals surface area contributed by atoms with Crippen LogP contribution in [0.2, 0.25) is 0 Å². The molecule has 0 heterocycles. The first-order valence-corrected chi connectivity index (χ1v) is 4.89. The predicted molar refractivity (Wildman–Crippen MR) is 59.0 cm³/mol. The Bertz CT molecular complexity index is 344. The summed E-state index contributed by atoms with van der Waals surface area (Å²) >= 11 is 0. The molecule has 0 fully saturated rings. The van der Waals surface area contributed by atoms with Gasteiger partial charge in [-0.05, 0) is 12.5 Å². The van der Waals surface area contributed by atoms with Gasteiger partial charge < -0.3 is 10.5 Å². The summed E-state index contributed by atoms with van der Waals surface area (Å²) in [7, 11) is 0. The fourth-order valence-corrected chi connectivity index (χ4v) is 1.22. The molecule has 2 N–H and O–H groups in total. The first-order chi connectivity index (χ1) is 7.22. The van der Waals surface area contributed by atoms with Crippen molar-refractivity contribution in [3.05, 3.63) is 47.7 Å². The molecule has 0 bridgehead atoms. The van der Waals surface area contributed by atoms with Crippen LogP contribution < -0.4 is 5.73 Å². The van der Waals surface area contributed by atoms with E-state index in [1.165, 1.54) is 6.08 Å². The first kappa shape index (κ1) is 11.3. The third-order valence-corrected chi connectivity index (χ3v) is 1.84. The van der Waals surface area contributed by atoms with Crippen molar-refractivity contribution in [1.82, 2.24) is 0 Å². The quantitative estimate of drug-likeness (QED) is 0.600. The van der Waals surface area contributed by atoms with Crippen LogP contribution in [0.3, 0.4) is 0 Å². The average Bonchev–Trinajstić information content (AvgIpc) is 2.19. The van der Waals surface area contributed by atoms with Gasteiger partial charge >= 0.3 is 5.97 Å². The van der Waals surface area contributed by atoms with Crippen LogP contribution in [0.1, 0.15) is 12.5 Å². The van der Waals surface area contributed by atoms with E-state index in [0.29, 0.717) is 18.7 Å². The molecule has 0 unspecified atom stereocenters. The van der Waals surface area contributed by atoms with Crippen LogP contribution in [-0.2, 0) is 16.0 Å². The number of ether oxygens (including phenoxy) is 1. The molecule has 80 valence electrons. The molecule has 1 aromatic rings. The van der Waals surface area contributed by atoms with Crippen molar-refractivity contribution < 1.29 is 9.53 Å². The normalized spacial score (nSPS) is 11.1. The van der Waals surface area contributed by atoms with Crippen LogP contribution in [0.4, 0.5) is 0 Å². The van der Waals surface area contributed by atoms with Gasteiger partial charge in [-0.2, -0.15) is 0 Å². The van der Waals surface area contributed by atoms with Crippen molar-refractivity contribution in [3.63, 3.8) is 0 Å². The lowest BCUT2D eigenvalue weighted by atomic mass is 10.1. The molecule has 0 aliphatic heterocycles. The summed E-state index contributed by atoms with van der Waals surface area (Å²) in [5, 5.41) is 0. The Labute approximate surface area is 89.5 Å². The summed E-state index contributed by atoms with van der Waals surface area (Å²) in [6, 6.07) is 9.74. The maximum atomic E-state index is 11.1. The van der Waals surface area contributed by atoms with Gasteiger partial charge in [0, 0.05) is 18.2 Å². The molecule has 3 nitrogen and oxygen atoms in total. The Balaban J connectivity index is 2.55. The van der Waals surface area contributed by atoms with E-state index in [9.17, 15) is 4.79 Å². The van der Waals surface area contributed by atoms with E-state index in [0.717, 1.165) is 5.56 Å². The number of esters is 1. The minimum absolute atomic E-state index is 0.369. The van der Waals surface area contributed by atoms with E-state index in [1.807, 2.05) is 30.3 Å². The summed E-state index contributed by atoms with van der Waals surface area (Å²) in [4.78, 5) is 11.1. The second-order valence-corrected chi connectivity index (χ2v) is 3.13. The highest BCUT2D eigenvalue weighted by Crippen LogP contribution is 2.03. The number of allylic oxidation sites excluding steroid dienone is 1. The van der Waals surface area contributed by atoms with Crippen molar-refractivity contribution in [1.29, 1.82) is 0 Å². The average molecular weight is 205 g/mol. The smallest absolute Gasteiger partial charge is 0.332 e. The summed E-state index contributed by atoms with van der Waals surface area (Å²) < 4.78 is 4.75. The molecular formula is C12H15NO2. The molecule has 0 amide bonds. The number of hydrogen-bond acceptors (Lipinski definition) is 3. The van der Waals surface area contributed by atoms with E-state index in [1.54, 1.807) is 6.92 Å². The molecular weight excluding hydrogens is 190 g/mol. The molecule has 0 radical (unpaired) electrons. The van der Waals surface area contributed by atoms with Gasteiger partial charge in [0.2, 0.25) is 0 Å². The molecule has 1 aromatic carbocycles. The first-order valence-electron chi connectivity index (χ1n) is 4.89. The molecule has 0 aliphatic rings. The standard InChI is InChI=1S/C12H15NO2/c1-2-15-12(14)9-11(13)8-10-6-4-3-5-7-10/h3-7,9H,2,8,13H2,1H3. The summed E-state index contributed by atoms with van der Waals surface area (Å²) in [5.74, 6) is -0.383. The molecule has 0 spiro atoms. The van der Waals surface area contributed by atoms with Gasteiger partial charge in [-0.25, -0.2) is 4.79 Å². The number of nitrogens with two attached hydrogens (primary N) is 1. The van der Waals surface area contributed by atoms with Crippen molar-refractivity contribution in [2.45, 2.75) is 13.3 Å². The van der Waals surface area contributed by atoms with E-state index >= 15 is 0 Å². The van der Waals surface area contributed by atoms with E-state index in [-0.39, 0.29) is 5.97 Å².